The van der Waals surface area contributed by atoms with Crippen LogP contribution in [0.5, 0.6) is 0 Å². The number of allylic oxidation sites excluding steroid dienone is 1. The molecule has 0 aromatic rings. The minimum Gasteiger partial charge on any atom is -0.478 e. The van der Waals surface area contributed by atoms with Crippen molar-refractivity contribution >= 4 is 75.7 Å². The van der Waals surface area contributed by atoms with Gasteiger partial charge in [0.15, 0.2) is 0 Å². The van der Waals surface area contributed by atoms with Crippen molar-refractivity contribution in [2.45, 2.75) is 29.4 Å². The number of carbonyl (C=O) groups is 2. The molecule has 5 nitrogen and oxygen atoms in total. The van der Waals surface area contributed by atoms with Gasteiger partial charge >= 0.3 is 5.97 Å². The zero-order chi connectivity index (χ0) is 19.6. The molecule has 0 aliphatic carbocycles. The molecular formula is C16H18Cl3NO4S2. The van der Waals surface area contributed by atoms with Crippen molar-refractivity contribution in [1.82, 2.24) is 4.90 Å². The fourth-order valence-corrected chi connectivity index (χ4v) is 4.84. The summed E-state index contributed by atoms with van der Waals surface area (Å²) in [5.41, 5.74) is 0.613. The second kappa shape index (κ2) is 8.69. The third-order valence-electron chi connectivity index (χ3n) is 3.99. The number of amides is 1. The monoisotopic (exact) mass is 457 g/mol. The van der Waals surface area contributed by atoms with Crippen molar-refractivity contribution in [3.63, 3.8) is 0 Å². The van der Waals surface area contributed by atoms with Crippen LogP contribution in [0.25, 0.3) is 0 Å². The van der Waals surface area contributed by atoms with Gasteiger partial charge in [-0.2, -0.15) is 0 Å². The van der Waals surface area contributed by atoms with Crippen LogP contribution in [-0.2, 0) is 19.1 Å². The van der Waals surface area contributed by atoms with Crippen molar-refractivity contribution in [2.75, 3.05) is 13.2 Å². The molecule has 0 spiro atoms. The molecule has 2 aliphatic heterocycles. The number of ether oxygens (including phenoxy) is 2. The Hall–Kier alpha value is -0.470. The predicted molar refractivity (Wildman–Crippen MR) is 108 cm³/mol. The van der Waals surface area contributed by atoms with Crippen LogP contribution in [0.4, 0.5) is 0 Å². The predicted octanol–water partition coefficient (Wildman–Crippen LogP) is 4.22. The van der Waals surface area contributed by atoms with Crippen LogP contribution in [0, 0.1) is 11.8 Å². The topological polar surface area (TPSA) is 55.8 Å². The van der Waals surface area contributed by atoms with Crippen molar-refractivity contribution in [1.29, 1.82) is 0 Å². The molecule has 1 fully saturated rings. The summed E-state index contributed by atoms with van der Waals surface area (Å²) >= 11 is 23.6. The summed E-state index contributed by atoms with van der Waals surface area (Å²) < 4.78 is 8.76. The highest BCUT2D eigenvalue weighted by molar-refractivity contribution is 8.04. The first-order valence-corrected chi connectivity index (χ1v) is 10.3. The summed E-state index contributed by atoms with van der Waals surface area (Å²) in [6, 6.07) is 0. The molecule has 0 saturated carbocycles. The van der Waals surface area contributed by atoms with E-state index in [-0.39, 0.29) is 29.5 Å². The number of hydrogen-bond acceptors (Lipinski definition) is 6. The lowest BCUT2D eigenvalue weighted by Crippen LogP contribution is -2.60. The van der Waals surface area contributed by atoms with E-state index in [1.807, 2.05) is 6.92 Å². The number of esters is 1. The van der Waals surface area contributed by atoms with E-state index in [2.05, 4.69) is 6.58 Å². The maximum atomic E-state index is 12.7. The van der Waals surface area contributed by atoms with E-state index >= 15 is 0 Å². The summed E-state index contributed by atoms with van der Waals surface area (Å²) in [4.78, 5) is 27.5. The fourth-order valence-electron chi connectivity index (χ4n) is 2.74. The molecule has 144 valence electrons. The van der Waals surface area contributed by atoms with Crippen LogP contribution < -0.4 is 0 Å². The highest BCUT2D eigenvalue weighted by Crippen LogP contribution is 2.52. The van der Waals surface area contributed by atoms with Crippen molar-refractivity contribution < 1.29 is 19.1 Å². The Labute approximate surface area is 177 Å². The van der Waals surface area contributed by atoms with Crippen LogP contribution in [0.3, 0.4) is 0 Å². The minimum absolute atomic E-state index is 0.191. The average molecular weight is 459 g/mol. The molecule has 10 heteroatoms. The van der Waals surface area contributed by atoms with Crippen molar-refractivity contribution in [3.8, 4) is 0 Å². The SMILES string of the molecule is C=CCOC(=S)C1=C(CC)S[C@@H]2[C@H](C(C)C(=O)OCC(Cl)(Cl)Cl)C(=O)N12. The van der Waals surface area contributed by atoms with Gasteiger partial charge in [0.2, 0.25) is 14.8 Å². The van der Waals surface area contributed by atoms with E-state index in [0.717, 1.165) is 4.91 Å². The van der Waals surface area contributed by atoms with Crippen LogP contribution in [0.2, 0.25) is 0 Å². The zero-order valence-electron chi connectivity index (χ0n) is 14.2. The number of thiocarbonyl (C=S) groups is 1. The maximum absolute atomic E-state index is 12.7. The number of alkyl halides is 3. The molecule has 0 radical (unpaired) electrons. The second-order valence-electron chi connectivity index (χ2n) is 5.77. The molecule has 1 unspecified atom stereocenters. The first-order valence-electron chi connectivity index (χ1n) is 7.86. The minimum atomic E-state index is -1.69. The number of rotatable bonds is 7. The fraction of sp³-hybridized carbons (Fsp3) is 0.562. The molecule has 0 aromatic carbocycles. The van der Waals surface area contributed by atoms with Crippen LogP contribution in [0.1, 0.15) is 20.3 Å². The smallest absolute Gasteiger partial charge is 0.309 e. The summed E-state index contributed by atoms with van der Waals surface area (Å²) in [6.07, 6.45) is 2.29. The van der Waals surface area contributed by atoms with Crippen LogP contribution >= 0.6 is 58.8 Å². The molecule has 2 rings (SSSR count). The molecule has 0 aromatic heterocycles. The lowest BCUT2D eigenvalue weighted by atomic mass is 9.85. The Morgan fingerprint density at radius 2 is 2.12 bits per heavy atom. The number of hydrogen-bond donors (Lipinski definition) is 0. The van der Waals surface area contributed by atoms with Gasteiger partial charge in [-0.05, 0) is 18.6 Å². The average Bonchev–Trinajstić information content (AvgIpc) is 2.91. The maximum Gasteiger partial charge on any atom is 0.309 e. The Kier molecular flexibility index (Phi) is 7.30. The molecule has 1 saturated heterocycles. The number of thioether (sulfide) groups is 1. The molecule has 1 amide bonds. The van der Waals surface area contributed by atoms with E-state index in [9.17, 15) is 9.59 Å². The molecular weight excluding hydrogens is 441 g/mol. The van der Waals surface area contributed by atoms with E-state index < -0.39 is 21.6 Å². The Morgan fingerprint density at radius 1 is 1.46 bits per heavy atom. The van der Waals surface area contributed by atoms with Gasteiger partial charge in [-0.1, -0.05) is 61.3 Å². The normalized spacial score (nSPS) is 23.3. The largest absolute Gasteiger partial charge is 0.478 e. The molecule has 2 aliphatic rings. The van der Waals surface area contributed by atoms with E-state index in [0.29, 0.717) is 12.1 Å². The third-order valence-corrected chi connectivity index (χ3v) is 6.14. The Morgan fingerprint density at radius 3 is 2.65 bits per heavy atom. The van der Waals surface area contributed by atoms with Crippen molar-refractivity contribution in [3.05, 3.63) is 23.3 Å². The third kappa shape index (κ3) is 4.50. The highest BCUT2D eigenvalue weighted by Gasteiger charge is 2.58. The van der Waals surface area contributed by atoms with Gasteiger partial charge in [0.25, 0.3) is 0 Å². The molecule has 0 N–H and O–H groups in total. The van der Waals surface area contributed by atoms with Crippen LogP contribution in [-0.4, -0.2) is 44.2 Å². The number of halogens is 3. The number of nitrogens with zero attached hydrogens (tertiary/aromatic N) is 1. The Balaban J connectivity index is 2.08. The van der Waals surface area contributed by atoms with Gasteiger partial charge in [0.05, 0.1) is 17.2 Å². The quantitative estimate of drug-likeness (QED) is 0.187. The number of β-lactam (4-membered cyclic amide) rings is 1. The molecule has 2 heterocycles. The van der Waals surface area contributed by atoms with Crippen molar-refractivity contribution in [2.24, 2.45) is 11.8 Å². The lowest BCUT2D eigenvalue weighted by molar-refractivity contribution is -0.162. The molecule has 3 atom stereocenters. The summed E-state index contributed by atoms with van der Waals surface area (Å²) in [5, 5.41) is 0.0445. The zero-order valence-corrected chi connectivity index (χ0v) is 18.1. The summed E-state index contributed by atoms with van der Waals surface area (Å²) in [6.45, 7) is 7.09. The van der Waals surface area contributed by atoms with E-state index in [1.54, 1.807) is 17.9 Å². The van der Waals surface area contributed by atoms with Gasteiger partial charge in [0, 0.05) is 4.91 Å². The standard InChI is InChI=1S/C16H18Cl3NO4S2/c1-4-6-23-15(25)11-9(5-2)26-13-10(12(21)20(11)13)8(3)14(22)24-7-16(17,18)19/h4,8,10,13H,1,5-7H2,2-3H3/t8?,10-,13-/m1/s1. The number of carbonyl (C=O) groups excluding carboxylic acids is 2. The van der Waals surface area contributed by atoms with Gasteiger partial charge in [-0.25, -0.2) is 0 Å². The first kappa shape index (κ1) is 21.8. The first-order chi connectivity index (χ1) is 12.1. The second-order valence-corrected chi connectivity index (χ2v) is 9.86. The highest BCUT2D eigenvalue weighted by atomic mass is 35.6. The van der Waals surface area contributed by atoms with Gasteiger partial charge < -0.3 is 9.47 Å². The summed E-state index contributed by atoms with van der Waals surface area (Å²) in [7, 11) is 0. The van der Waals surface area contributed by atoms with Crippen LogP contribution in [0.15, 0.2) is 23.3 Å². The molecule has 0 bridgehead atoms. The van der Waals surface area contributed by atoms with E-state index in [4.69, 9.17) is 56.5 Å². The van der Waals surface area contributed by atoms with E-state index in [1.165, 1.54) is 11.8 Å². The Bertz CT molecular complexity index is 662. The lowest BCUT2D eigenvalue weighted by Gasteiger charge is -2.44. The van der Waals surface area contributed by atoms with Gasteiger partial charge in [0.1, 0.15) is 18.9 Å². The number of fused-ring (bicyclic) bond motifs is 1. The van der Waals surface area contributed by atoms with Gasteiger partial charge in [-0.3, -0.25) is 14.5 Å². The summed E-state index contributed by atoms with van der Waals surface area (Å²) in [5.74, 6) is -1.96. The molecule has 26 heavy (non-hydrogen) atoms. The van der Waals surface area contributed by atoms with Gasteiger partial charge in [-0.15, -0.1) is 11.8 Å².